The van der Waals surface area contributed by atoms with E-state index < -0.39 is 0 Å². The fourth-order valence-corrected chi connectivity index (χ4v) is 5.31. The van der Waals surface area contributed by atoms with Gasteiger partial charge in [0.15, 0.2) is 6.29 Å². The van der Waals surface area contributed by atoms with Gasteiger partial charge in [-0.1, -0.05) is 69.3 Å². The van der Waals surface area contributed by atoms with Gasteiger partial charge in [0, 0.05) is 29.5 Å². The number of carbonyl (C=O) groups excluding carboxylic acids is 2. The van der Waals surface area contributed by atoms with Crippen LogP contribution in [0.5, 0.6) is 0 Å². The first-order valence-electron chi connectivity index (χ1n) is 13.0. The molecule has 0 bridgehead atoms. The molecule has 2 atom stereocenters. The second-order valence-corrected chi connectivity index (χ2v) is 9.87. The minimum atomic E-state index is -0.347. The van der Waals surface area contributed by atoms with Crippen LogP contribution in [0.25, 0.3) is 5.70 Å². The summed E-state index contributed by atoms with van der Waals surface area (Å²) in [5, 5.41) is 3.46. The fourth-order valence-electron chi connectivity index (χ4n) is 4.52. The monoisotopic (exact) mass is 501 g/mol. The number of dihydropyridines is 1. The second kappa shape index (κ2) is 14.5. The maximum absolute atomic E-state index is 13.5. The minimum Gasteiger partial charge on any atom is -0.462 e. The van der Waals surface area contributed by atoms with E-state index in [0.717, 1.165) is 55.7 Å². The van der Waals surface area contributed by atoms with Crippen LogP contribution in [0.15, 0.2) is 47.2 Å². The molecule has 0 amide bonds. The number of rotatable bonds is 12. The number of benzene rings is 1. The molecule has 0 aromatic heterocycles. The number of hydrogen-bond donors (Lipinski definition) is 1. The third-order valence-electron chi connectivity index (χ3n) is 6.20. The number of allylic oxidation sites excluding steroid dienone is 1. The molecule has 0 radical (unpaired) electrons. The smallest absolute Gasteiger partial charge is 0.336 e. The Balaban J connectivity index is 1.84. The molecular formula is C28H39NO5S. The normalized spacial score (nSPS) is 20.5. The number of ether oxygens (including phenoxy) is 3. The van der Waals surface area contributed by atoms with Crippen molar-refractivity contribution < 1.29 is 23.8 Å². The van der Waals surface area contributed by atoms with E-state index in [1.807, 2.05) is 44.2 Å². The molecule has 3 rings (SSSR count). The maximum atomic E-state index is 13.5. The standard InChI is InChI=1S/C28H39NO5S/c1-4-12-21-24(28(31)35-19-18-33-23-15-10-11-17-32-23)22(6-3)29-26(20-13-8-7-9-14-20)25(21)27(30)34-16-5-2/h7-9,13-14,21,23,29H,4-6,10-12,15-19H2,1-3H3. The van der Waals surface area contributed by atoms with Crippen LogP contribution in [-0.2, 0) is 23.8 Å². The predicted octanol–water partition coefficient (Wildman–Crippen LogP) is 5.84. The Bertz CT molecular complexity index is 905. The van der Waals surface area contributed by atoms with Gasteiger partial charge in [0.05, 0.1) is 24.5 Å². The first-order valence-corrected chi connectivity index (χ1v) is 14.0. The average molecular weight is 502 g/mol. The highest BCUT2D eigenvalue weighted by Gasteiger charge is 2.37. The summed E-state index contributed by atoms with van der Waals surface area (Å²) in [6.07, 6.45) is 5.89. The van der Waals surface area contributed by atoms with Crippen molar-refractivity contribution in [2.45, 2.75) is 72.0 Å². The number of esters is 1. The molecule has 0 aliphatic carbocycles. The molecule has 2 heterocycles. The van der Waals surface area contributed by atoms with Gasteiger partial charge in [-0.15, -0.1) is 0 Å². The van der Waals surface area contributed by atoms with Gasteiger partial charge < -0.3 is 19.5 Å². The average Bonchev–Trinajstić information content (AvgIpc) is 2.90. The van der Waals surface area contributed by atoms with Crippen LogP contribution >= 0.6 is 11.8 Å². The van der Waals surface area contributed by atoms with Crippen molar-refractivity contribution in [2.75, 3.05) is 25.6 Å². The topological polar surface area (TPSA) is 73.9 Å². The lowest BCUT2D eigenvalue weighted by molar-refractivity contribution is -0.158. The van der Waals surface area contributed by atoms with Crippen molar-refractivity contribution >= 4 is 28.5 Å². The van der Waals surface area contributed by atoms with Crippen molar-refractivity contribution in [3.05, 3.63) is 52.7 Å². The molecular weight excluding hydrogens is 462 g/mol. The summed E-state index contributed by atoms with van der Waals surface area (Å²) in [5.74, 6) is -0.110. The number of carbonyl (C=O) groups is 2. The molecule has 1 N–H and O–H groups in total. The summed E-state index contributed by atoms with van der Waals surface area (Å²) in [7, 11) is 0. The molecule has 0 spiro atoms. The van der Waals surface area contributed by atoms with Crippen molar-refractivity contribution in [2.24, 2.45) is 5.92 Å². The highest BCUT2D eigenvalue weighted by atomic mass is 32.2. The molecule has 7 heteroatoms. The Labute approximate surface area is 213 Å². The van der Waals surface area contributed by atoms with Crippen LogP contribution in [0.2, 0.25) is 0 Å². The zero-order valence-electron chi connectivity index (χ0n) is 21.3. The van der Waals surface area contributed by atoms with Gasteiger partial charge in [0.2, 0.25) is 5.12 Å². The molecule has 6 nitrogen and oxygen atoms in total. The third-order valence-corrected chi connectivity index (χ3v) is 7.05. The van der Waals surface area contributed by atoms with E-state index in [9.17, 15) is 9.59 Å². The van der Waals surface area contributed by atoms with E-state index in [-0.39, 0.29) is 23.3 Å². The molecule has 1 fully saturated rings. The Morgan fingerprint density at radius 3 is 2.51 bits per heavy atom. The summed E-state index contributed by atoms with van der Waals surface area (Å²) < 4.78 is 17.0. The lowest BCUT2D eigenvalue weighted by Gasteiger charge is -2.32. The summed E-state index contributed by atoms with van der Waals surface area (Å²) in [4.78, 5) is 26.9. The zero-order chi connectivity index (χ0) is 25.0. The molecule has 1 aromatic carbocycles. The summed E-state index contributed by atoms with van der Waals surface area (Å²) in [5.41, 5.74) is 3.80. The number of hydrogen-bond acceptors (Lipinski definition) is 7. The van der Waals surface area contributed by atoms with Crippen LogP contribution in [0.3, 0.4) is 0 Å². The van der Waals surface area contributed by atoms with Crippen LogP contribution in [0.1, 0.15) is 71.3 Å². The van der Waals surface area contributed by atoms with Gasteiger partial charge in [-0.25, -0.2) is 4.79 Å². The zero-order valence-corrected chi connectivity index (χ0v) is 22.1. The van der Waals surface area contributed by atoms with Gasteiger partial charge in [-0.2, -0.15) is 0 Å². The van der Waals surface area contributed by atoms with E-state index in [2.05, 4.69) is 12.2 Å². The van der Waals surface area contributed by atoms with Gasteiger partial charge in [-0.05, 0) is 44.1 Å². The van der Waals surface area contributed by atoms with Gasteiger partial charge in [0.1, 0.15) is 0 Å². The predicted molar refractivity (Wildman–Crippen MR) is 140 cm³/mol. The fraction of sp³-hybridized carbons (Fsp3) is 0.571. The third kappa shape index (κ3) is 7.45. The van der Waals surface area contributed by atoms with E-state index >= 15 is 0 Å². The SMILES string of the molecule is CCCOC(=O)C1=C(c2ccccc2)NC(CC)=C(C(=O)SCCOC2CCCCO2)C1CCC. The van der Waals surface area contributed by atoms with Crippen LogP contribution in [0.4, 0.5) is 0 Å². The largest absolute Gasteiger partial charge is 0.462 e. The molecule has 0 saturated carbocycles. The molecule has 35 heavy (non-hydrogen) atoms. The molecule has 2 unspecified atom stereocenters. The molecule has 1 saturated heterocycles. The Kier molecular flexibility index (Phi) is 11.4. The van der Waals surface area contributed by atoms with E-state index in [0.29, 0.717) is 43.0 Å². The Morgan fingerprint density at radius 1 is 1.06 bits per heavy atom. The van der Waals surface area contributed by atoms with E-state index in [1.54, 1.807) is 0 Å². The molecule has 1 aromatic rings. The summed E-state index contributed by atoms with van der Waals surface area (Å²) >= 11 is 1.26. The maximum Gasteiger partial charge on any atom is 0.336 e. The highest BCUT2D eigenvalue weighted by molar-refractivity contribution is 8.14. The number of thioether (sulfide) groups is 1. The lowest BCUT2D eigenvalue weighted by Crippen LogP contribution is -2.33. The quantitative estimate of drug-likeness (QED) is 0.285. The van der Waals surface area contributed by atoms with Crippen molar-refractivity contribution in [3.8, 4) is 0 Å². The minimum absolute atomic E-state index is 0.00568. The second-order valence-electron chi connectivity index (χ2n) is 8.81. The summed E-state index contributed by atoms with van der Waals surface area (Å²) in [6, 6.07) is 9.83. The molecule has 192 valence electrons. The Hall–Kier alpha value is -2.09. The molecule has 2 aliphatic rings. The van der Waals surface area contributed by atoms with Crippen molar-refractivity contribution in [1.82, 2.24) is 5.32 Å². The summed E-state index contributed by atoms with van der Waals surface area (Å²) in [6.45, 7) is 7.64. The van der Waals surface area contributed by atoms with Crippen LogP contribution in [-0.4, -0.2) is 42.9 Å². The van der Waals surface area contributed by atoms with Crippen LogP contribution < -0.4 is 5.32 Å². The lowest BCUT2D eigenvalue weighted by atomic mass is 9.81. The first kappa shape index (κ1) is 27.5. The van der Waals surface area contributed by atoms with Crippen molar-refractivity contribution in [1.29, 1.82) is 0 Å². The first-order chi connectivity index (χ1) is 17.1. The number of nitrogens with one attached hydrogen (secondary N) is 1. The van der Waals surface area contributed by atoms with Crippen LogP contribution in [0, 0.1) is 5.92 Å². The van der Waals surface area contributed by atoms with Crippen molar-refractivity contribution in [3.63, 3.8) is 0 Å². The molecule has 2 aliphatic heterocycles. The van der Waals surface area contributed by atoms with Gasteiger partial charge in [0.25, 0.3) is 0 Å². The van der Waals surface area contributed by atoms with Gasteiger partial charge in [-0.3, -0.25) is 4.79 Å². The van der Waals surface area contributed by atoms with E-state index in [1.165, 1.54) is 11.8 Å². The van der Waals surface area contributed by atoms with Gasteiger partial charge >= 0.3 is 5.97 Å². The highest BCUT2D eigenvalue weighted by Crippen LogP contribution is 2.40. The van der Waals surface area contributed by atoms with E-state index in [4.69, 9.17) is 14.2 Å². The Morgan fingerprint density at radius 2 is 1.86 bits per heavy atom.